The molecular weight excluding hydrogens is 252 g/mol. The second-order valence-corrected chi connectivity index (χ2v) is 5.38. The predicted octanol–water partition coefficient (Wildman–Crippen LogP) is 3.07. The Bertz CT molecular complexity index is 474. The number of nitrogen functional groups attached to an aromatic ring is 1. The van der Waals surface area contributed by atoms with Crippen molar-refractivity contribution in [1.29, 1.82) is 0 Å². The van der Waals surface area contributed by atoms with Gasteiger partial charge in [-0.05, 0) is 43.9 Å². The Morgan fingerprint density at radius 3 is 2.90 bits per heavy atom. The molecule has 1 fully saturated rings. The summed E-state index contributed by atoms with van der Waals surface area (Å²) in [6, 6.07) is 5.47. The van der Waals surface area contributed by atoms with E-state index in [1.165, 1.54) is 19.3 Å². The highest BCUT2D eigenvalue weighted by Gasteiger charge is 2.23. The summed E-state index contributed by atoms with van der Waals surface area (Å²) in [5, 5.41) is 0. The van der Waals surface area contributed by atoms with Gasteiger partial charge in [0.15, 0.2) is 0 Å². The number of esters is 1. The number of nitrogens with two attached hydrogens (primary N) is 1. The van der Waals surface area contributed by atoms with E-state index in [0.717, 1.165) is 24.7 Å². The Balaban J connectivity index is 2.08. The first-order chi connectivity index (χ1) is 9.65. The van der Waals surface area contributed by atoms with Crippen LogP contribution in [0.15, 0.2) is 18.2 Å². The Morgan fingerprint density at radius 2 is 2.25 bits per heavy atom. The highest BCUT2D eigenvalue weighted by atomic mass is 16.5. The fourth-order valence-electron chi connectivity index (χ4n) is 2.88. The van der Waals surface area contributed by atoms with E-state index in [0.29, 0.717) is 17.9 Å². The van der Waals surface area contributed by atoms with Gasteiger partial charge in [-0.25, -0.2) is 4.79 Å². The number of ether oxygens (including phenoxy) is 1. The van der Waals surface area contributed by atoms with Crippen molar-refractivity contribution >= 4 is 17.3 Å². The molecule has 2 rings (SSSR count). The summed E-state index contributed by atoms with van der Waals surface area (Å²) < 4.78 is 4.99. The molecule has 0 aliphatic carbocycles. The summed E-state index contributed by atoms with van der Waals surface area (Å²) in [6.45, 7) is 6.52. The average molecular weight is 276 g/mol. The summed E-state index contributed by atoms with van der Waals surface area (Å²) in [6.07, 6.45) is 3.74. The number of hydrogen-bond acceptors (Lipinski definition) is 4. The lowest BCUT2D eigenvalue weighted by Crippen LogP contribution is -2.21. The minimum atomic E-state index is -0.309. The maximum Gasteiger partial charge on any atom is 0.338 e. The second-order valence-electron chi connectivity index (χ2n) is 5.38. The molecule has 20 heavy (non-hydrogen) atoms. The number of carbonyl (C=O) groups excluding carboxylic acids is 1. The van der Waals surface area contributed by atoms with Crippen LogP contribution in [0.4, 0.5) is 11.4 Å². The Morgan fingerprint density at radius 1 is 1.45 bits per heavy atom. The van der Waals surface area contributed by atoms with Crippen LogP contribution in [0.5, 0.6) is 0 Å². The van der Waals surface area contributed by atoms with Crippen molar-refractivity contribution in [2.24, 2.45) is 5.92 Å². The lowest BCUT2D eigenvalue weighted by molar-refractivity contribution is 0.0526. The predicted molar refractivity (Wildman–Crippen MR) is 82.0 cm³/mol. The number of anilines is 2. The number of benzene rings is 1. The molecule has 0 saturated carbocycles. The normalized spacial score (nSPS) is 18.3. The maximum absolute atomic E-state index is 11.7. The number of hydrogen-bond donors (Lipinski definition) is 1. The first-order valence-electron chi connectivity index (χ1n) is 7.47. The van der Waals surface area contributed by atoms with Crippen LogP contribution < -0.4 is 10.6 Å². The zero-order valence-electron chi connectivity index (χ0n) is 12.4. The fourth-order valence-corrected chi connectivity index (χ4v) is 2.88. The van der Waals surface area contributed by atoms with Crippen molar-refractivity contribution in [3.63, 3.8) is 0 Å². The van der Waals surface area contributed by atoms with E-state index in [1.807, 2.05) is 6.07 Å². The molecule has 1 heterocycles. The molecule has 1 unspecified atom stereocenters. The van der Waals surface area contributed by atoms with Crippen LogP contribution in [0, 0.1) is 5.92 Å². The summed E-state index contributed by atoms with van der Waals surface area (Å²) >= 11 is 0. The molecule has 1 aromatic rings. The SMILES string of the molecule is CCCC1CCN(c2ccc(C(=O)OCC)cc2N)C1. The van der Waals surface area contributed by atoms with E-state index in [9.17, 15) is 4.79 Å². The van der Waals surface area contributed by atoms with Gasteiger partial charge < -0.3 is 15.4 Å². The van der Waals surface area contributed by atoms with E-state index < -0.39 is 0 Å². The monoisotopic (exact) mass is 276 g/mol. The molecule has 0 spiro atoms. The van der Waals surface area contributed by atoms with Gasteiger partial charge in [-0.2, -0.15) is 0 Å². The van der Waals surface area contributed by atoms with Crippen LogP contribution >= 0.6 is 0 Å². The van der Waals surface area contributed by atoms with Gasteiger partial charge in [-0.3, -0.25) is 0 Å². The maximum atomic E-state index is 11.7. The third-order valence-electron chi connectivity index (χ3n) is 3.86. The highest BCUT2D eigenvalue weighted by Crippen LogP contribution is 2.31. The Hall–Kier alpha value is -1.71. The minimum absolute atomic E-state index is 0.309. The molecule has 0 amide bonds. The van der Waals surface area contributed by atoms with Gasteiger partial charge in [-0.15, -0.1) is 0 Å². The highest BCUT2D eigenvalue weighted by molar-refractivity contribution is 5.92. The molecule has 1 aromatic carbocycles. The summed E-state index contributed by atoms with van der Waals surface area (Å²) in [5.41, 5.74) is 8.33. The van der Waals surface area contributed by atoms with Crippen molar-refractivity contribution in [2.45, 2.75) is 33.1 Å². The van der Waals surface area contributed by atoms with Gasteiger partial charge in [0.2, 0.25) is 0 Å². The molecule has 1 aliphatic heterocycles. The third-order valence-corrected chi connectivity index (χ3v) is 3.86. The van der Waals surface area contributed by atoms with Crippen LogP contribution in [0.3, 0.4) is 0 Å². The summed E-state index contributed by atoms with van der Waals surface area (Å²) in [4.78, 5) is 14.0. The van der Waals surface area contributed by atoms with Crippen molar-refractivity contribution < 1.29 is 9.53 Å². The van der Waals surface area contributed by atoms with Gasteiger partial charge in [0.05, 0.1) is 23.5 Å². The Labute approximate surface area is 120 Å². The van der Waals surface area contributed by atoms with E-state index in [1.54, 1.807) is 19.1 Å². The van der Waals surface area contributed by atoms with E-state index in [2.05, 4.69) is 11.8 Å². The van der Waals surface area contributed by atoms with Crippen LogP contribution in [0.25, 0.3) is 0 Å². The standard InChI is InChI=1S/C16H24N2O2/c1-3-5-12-8-9-18(11-12)15-7-6-13(10-14(15)17)16(19)20-4-2/h6-7,10,12H,3-5,8-9,11,17H2,1-2H3. The first-order valence-corrected chi connectivity index (χ1v) is 7.47. The quantitative estimate of drug-likeness (QED) is 0.663. The zero-order chi connectivity index (χ0) is 14.5. The molecule has 0 radical (unpaired) electrons. The van der Waals surface area contributed by atoms with Gasteiger partial charge in [0.1, 0.15) is 0 Å². The molecule has 1 saturated heterocycles. The molecule has 1 aliphatic rings. The molecule has 0 aromatic heterocycles. The van der Waals surface area contributed by atoms with Crippen LogP contribution in [0.1, 0.15) is 43.5 Å². The van der Waals surface area contributed by atoms with Crippen molar-refractivity contribution in [1.82, 2.24) is 0 Å². The summed E-state index contributed by atoms with van der Waals surface area (Å²) in [5.74, 6) is 0.458. The number of rotatable bonds is 5. The minimum Gasteiger partial charge on any atom is -0.462 e. The molecule has 110 valence electrons. The zero-order valence-corrected chi connectivity index (χ0v) is 12.4. The van der Waals surface area contributed by atoms with E-state index >= 15 is 0 Å². The molecule has 2 N–H and O–H groups in total. The lowest BCUT2D eigenvalue weighted by atomic mass is 10.0. The van der Waals surface area contributed by atoms with Gasteiger partial charge >= 0.3 is 5.97 Å². The second kappa shape index (κ2) is 6.64. The Kier molecular flexibility index (Phi) is 4.88. The van der Waals surface area contributed by atoms with Gasteiger partial charge in [0, 0.05) is 13.1 Å². The molecule has 1 atom stereocenters. The van der Waals surface area contributed by atoms with Crippen LogP contribution in [-0.2, 0) is 4.74 Å². The number of nitrogens with zero attached hydrogens (tertiary/aromatic N) is 1. The third kappa shape index (κ3) is 3.24. The summed E-state index contributed by atoms with van der Waals surface area (Å²) in [7, 11) is 0. The van der Waals surface area contributed by atoms with Crippen molar-refractivity contribution in [3.8, 4) is 0 Å². The van der Waals surface area contributed by atoms with E-state index in [4.69, 9.17) is 10.5 Å². The van der Waals surface area contributed by atoms with Gasteiger partial charge in [0.25, 0.3) is 0 Å². The van der Waals surface area contributed by atoms with E-state index in [-0.39, 0.29) is 5.97 Å². The smallest absolute Gasteiger partial charge is 0.338 e. The van der Waals surface area contributed by atoms with Crippen molar-refractivity contribution in [3.05, 3.63) is 23.8 Å². The lowest BCUT2D eigenvalue weighted by Gasteiger charge is -2.21. The molecule has 0 bridgehead atoms. The van der Waals surface area contributed by atoms with Crippen LogP contribution in [-0.4, -0.2) is 25.7 Å². The molecule has 4 nitrogen and oxygen atoms in total. The molecule has 4 heteroatoms. The van der Waals surface area contributed by atoms with Crippen molar-refractivity contribution in [2.75, 3.05) is 30.3 Å². The fraction of sp³-hybridized carbons (Fsp3) is 0.562. The number of carbonyl (C=O) groups is 1. The van der Waals surface area contributed by atoms with Crippen LogP contribution in [0.2, 0.25) is 0 Å². The largest absolute Gasteiger partial charge is 0.462 e. The molecular formula is C16H24N2O2. The van der Waals surface area contributed by atoms with Gasteiger partial charge in [-0.1, -0.05) is 13.3 Å². The average Bonchev–Trinajstić information content (AvgIpc) is 2.87. The topological polar surface area (TPSA) is 55.6 Å². The first kappa shape index (κ1) is 14.7.